The summed E-state index contributed by atoms with van der Waals surface area (Å²) < 4.78 is 38.5. The molecule has 1 aromatic heterocycles. The van der Waals surface area contributed by atoms with Crippen LogP contribution in [0.1, 0.15) is 5.56 Å². The first-order valence-electron chi connectivity index (χ1n) is 8.28. The van der Waals surface area contributed by atoms with Gasteiger partial charge in [-0.15, -0.1) is 10.2 Å². The van der Waals surface area contributed by atoms with E-state index in [-0.39, 0.29) is 23.0 Å². The van der Waals surface area contributed by atoms with Crippen LogP contribution in [-0.4, -0.2) is 31.2 Å². The highest BCUT2D eigenvalue weighted by Crippen LogP contribution is 2.31. The first kappa shape index (κ1) is 21.5. The maximum absolute atomic E-state index is 12.8. The number of alkyl halides is 3. The third-order valence-corrected chi connectivity index (χ3v) is 4.16. The topological polar surface area (TPSA) is 96.8 Å². The van der Waals surface area contributed by atoms with E-state index in [9.17, 15) is 18.0 Å². The third-order valence-electron chi connectivity index (χ3n) is 3.62. The zero-order valence-electron chi connectivity index (χ0n) is 14.9. The monoisotopic (exact) mass is 455 g/mol. The Bertz CT molecular complexity index is 1070. The second-order valence-corrected chi connectivity index (χ2v) is 6.64. The van der Waals surface area contributed by atoms with E-state index in [1.165, 1.54) is 12.1 Å². The van der Waals surface area contributed by atoms with Crippen molar-refractivity contribution < 1.29 is 18.0 Å². The number of benzene rings is 2. The largest absolute Gasteiger partial charge is 0.416 e. The zero-order valence-corrected chi connectivity index (χ0v) is 16.5. The van der Waals surface area contributed by atoms with Crippen molar-refractivity contribution in [1.29, 1.82) is 0 Å². The highest BCUT2D eigenvalue weighted by Gasteiger charge is 2.30. The van der Waals surface area contributed by atoms with Crippen molar-refractivity contribution in [2.75, 3.05) is 5.32 Å². The maximum atomic E-state index is 12.8. The molecule has 8 nitrogen and oxygen atoms in total. The molecular weight excluding hydrogens is 443 g/mol. The molecule has 0 radical (unpaired) electrons. The Labute approximate surface area is 178 Å². The molecule has 0 saturated heterocycles. The van der Waals surface area contributed by atoms with Gasteiger partial charge < -0.3 is 5.32 Å². The Hall–Kier alpha value is -3.25. The van der Waals surface area contributed by atoms with E-state index in [1.807, 2.05) is 0 Å². The van der Waals surface area contributed by atoms with Gasteiger partial charge in [0.1, 0.15) is 6.54 Å². The number of thiocarbonyl (C=S) groups is 1. The number of hydrogen-bond donors (Lipinski definition) is 3. The zero-order chi connectivity index (χ0) is 21.7. The van der Waals surface area contributed by atoms with Gasteiger partial charge in [0.05, 0.1) is 16.3 Å². The fraction of sp³-hybridized carbons (Fsp3) is 0.118. The van der Waals surface area contributed by atoms with E-state index in [1.54, 1.807) is 24.3 Å². The number of nitrogens with one attached hydrogen (secondary N) is 3. The van der Waals surface area contributed by atoms with Gasteiger partial charge in [0.2, 0.25) is 5.82 Å². The Balaban J connectivity index is 1.55. The number of anilines is 1. The molecule has 2 aromatic carbocycles. The number of amides is 1. The fourth-order valence-corrected chi connectivity index (χ4v) is 2.61. The summed E-state index contributed by atoms with van der Waals surface area (Å²) in [7, 11) is 0. The summed E-state index contributed by atoms with van der Waals surface area (Å²) in [6.07, 6.45) is -4.49. The van der Waals surface area contributed by atoms with Crippen LogP contribution in [0.5, 0.6) is 0 Å². The second kappa shape index (κ2) is 9.05. The highest BCUT2D eigenvalue weighted by atomic mass is 35.5. The molecule has 0 aliphatic carbocycles. The molecule has 0 fully saturated rings. The molecule has 156 valence electrons. The molecule has 1 heterocycles. The Morgan fingerprint density at radius 1 is 1.13 bits per heavy atom. The van der Waals surface area contributed by atoms with Crippen LogP contribution in [0.2, 0.25) is 5.02 Å². The van der Waals surface area contributed by atoms with Crippen molar-refractivity contribution in [3.63, 3.8) is 0 Å². The molecule has 3 aromatic rings. The molecule has 3 N–H and O–H groups in total. The molecule has 30 heavy (non-hydrogen) atoms. The number of hydrogen-bond acceptors (Lipinski definition) is 5. The van der Waals surface area contributed by atoms with Gasteiger partial charge in [-0.25, -0.2) is 0 Å². The van der Waals surface area contributed by atoms with E-state index >= 15 is 0 Å². The summed E-state index contributed by atoms with van der Waals surface area (Å²) >= 11 is 11.1. The van der Waals surface area contributed by atoms with Gasteiger partial charge in [0.15, 0.2) is 5.11 Å². The molecule has 0 unspecified atom stereocenters. The number of carbonyl (C=O) groups excluding carboxylic acids is 1. The molecule has 0 saturated carbocycles. The lowest BCUT2D eigenvalue weighted by atomic mass is 10.1. The number of nitrogens with zero attached hydrogens (tertiary/aromatic N) is 4. The van der Waals surface area contributed by atoms with Crippen LogP contribution >= 0.6 is 23.8 Å². The van der Waals surface area contributed by atoms with Crippen molar-refractivity contribution in [3.05, 3.63) is 59.1 Å². The van der Waals surface area contributed by atoms with E-state index < -0.39 is 17.6 Å². The minimum Gasteiger partial charge on any atom is -0.330 e. The van der Waals surface area contributed by atoms with Crippen LogP contribution in [0, 0.1) is 0 Å². The van der Waals surface area contributed by atoms with Crippen molar-refractivity contribution in [2.45, 2.75) is 12.7 Å². The third kappa shape index (κ3) is 5.64. The van der Waals surface area contributed by atoms with Crippen LogP contribution < -0.4 is 16.2 Å². The molecular formula is C17H13ClF3N7OS. The van der Waals surface area contributed by atoms with E-state index in [0.29, 0.717) is 10.7 Å². The molecule has 1 amide bonds. The number of tetrazole rings is 1. The second-order valence-electron chi connectivity index (χ2n) is 5.83. The summed E-state index contributed by atoms with van der Waals surface area (Å²) in [6.45, 7) is -0.340. The lowest BCUT2D eigenvalue weighted by Crippen LogP contribution is -2.45. The van der Waals surface area contributed by atoms with Gasteiger partial charge in [0.25, 0.3) is 5.91 Å². The molecule has 0 aliphatic heterocycles. The first-order chi connectivity index (χ1) is 14.2. The van der Waals surface area contributed by atoms with Crippen LogP contribution in [0.25, 0.3) is 11.4 Å². The molecule has 0 bridgehead atoms. The average molecular weight is 456 g/mol. The summed E-state index contributed by atoms with van der Waals surface area (Å²) in [5.41, 5.74) is 4.66. The minimum atomic E-state index is -4.49. The number of halogens is 4. The average Bonchev–Trinajstić information content (AvgIpc) is 3.16. The number of rotatable bonds is 4. The van der Waals surface area contributed by atoms with Crippen molar-refractivity contribution >= 4 is 40.5 Å². The summed E-state index contributed by atoms with van der Waals surface area (Å²) in [4.78, 5) is 12.9. The van der Waals surface area contributed by atoms with E-state index in [2.05, 4.69) is 31.6 Å². The van der Waals surface area contributed by atoms with Gasteiger partial charge in [-0.2, -0.15) is 18.0 Å². The number of aromatic nitrogens is 4. The van der Waals surface area contributed by atoms with Gasteiger partial charge in [-0.3, -0.25) is 15.6 Å². The Morgan fingerprint density at radius 2 is 1.90 bits per heavy atom. The van der Waals surface area contributed by atoms with Crippen molar-refractivity contribution in [1.82, 2.24) is 31.1 Å². The SMILES string of the molecule is O=C(Cn1nnc(-c2cccc(C(F)(F)F)c2)n1)NNC(=S)Nc1ccccc1Cl. The number of hydrazine groups is 1. The molecule has 0 aliphatic rings. The first-order valence-corrected chi connectivity index (χ1v) is 9.07. The molecule has 3 rings (SSSR count). The Morgan fingerprint density at radius 3 is 2.63 bits per heavy atom. The van der Waals surface area contributed by atoms with Gasteiger partial charge in [-0.1, -0.05) is 35.9 Å². The van der Waals surface area contributed by atoms with Crippen molar-refractivity contribution in [3.8, 4) is 11.4 Å². The number of para-hydroxylation sites is 1. The van der Waals surface area contributed by atoms with Crippen LogP contribution in [-0.2, 0) is 17.5 Å². The molecule has 13 heteroatoms. The smallest absolute Gasteiger partial charge is 0.330 e. The highest BCUT2D eigenvalue weighted by molar-refractivity contribution is 7.80. The number of carbonyl (C=O) groups is 1. The lowest BCUT2D eigenvalue weighted by molar-refractivity contribution is -0.137. The summed E-state index contributed by atoms with van der Waals surface area (Å²) in [5, 5.41) is 14.6. The van der Waals surface area contributed by atoms with Crippen molar-refractivity contribution in [2.24, 2.45) is 0 Å². The standard InChI is InChI=1S/C17H13ClF3N7OS/c18-12-6-1-2-7-13(12)22-16(30)25-23-14(29)9-28-26-15(24-27-28)10-4-3-5-11(8-10)17(19,20)21/h1-8H,9H2,(H,23,29)(H2,22,25,30). The summed E-state index contributed by atoms with van der Waals surface area (Å²) in [5.74, 6) is -0.607. The fourth-order valence-electron chi connectivity index (χ4n) is 2.27. The van der Waals surface area contributed by atoms with Crippen LogP contribution in [0.3, 0.4) is 0 Å². The van der Waals surface area contributed by atoms with Crippen LogP contribution in [0.4, 0.5) is 18.9 Å². The van der Waals surface area contributed by atoms with Gasteiger partial charge in [0, 0.05) is 5.56 Å². The van der Waals surface area contributed by atoms with Gasteiger partial charge >= 0.3 is 6.18 Å². The molecule has 0 atom stereocenters. The van der Waals surface area contributed by atoms with E-state index in [4.69, 9.17) is 23.8 Å². The van der Waals surface area contributed by atoms with E-state index in [0.717, 1.165) is 16.9 Å². The maximum Gasteiger partial charge on any atom is 0.416 e. The lowest BCUT2D eigenvalue weighted by Gasteiger charge is -2.12. The predicted molar refractivity (Wildman–Crippen MR) is 107 cm³/mol. The normalized spacial score (nSPS) is 11.1. The summed E-state index contributed by atoms with van der Waals surface area (Å²) in [6, 6.07) is 11.4. The quantitative estimate of drug-likeness (QED) is 0.411. The Kier molecular flexibility index (Phi) is 6.47. The predicted octanol–water partition coefficient (Wildman–Crippen LogP) is 3.03. The van der Waals surface area contributed by atoms with Crippen LogP contribution in [0.15, 0.2) is 48.5 Å². The molecule has 0 spiro atoms. The van der Waals surface area contributed by atoms with Gasteiger partial charge in [-0.05, 0) is 41.7 Å². The minimum absolute atomic E-state index is 0.0437.